The number of likely N-dealkylation sites (tertiary alicyclic amines) is 1. The fraction of sp³-hybridized carbons (Fsp3) is 0.632. The largest absolute Gasteiger partial charge is 0.484 e. The van der Waals surface area contributed by atoms with Crippen LogP contribution in [0.15, 0.2) is 24.3 Å². The Morgan fingerprint density at radius 3 is 2.83 bits per heavy atom. The number of carbonyl (C=O) groups excluding carboxylic acids is 1. The molecule has 1 amide bonds. The van der Waals surface area contributed by atoms with Gasteiger partial charge in [0, 0.05) is 25.1 Å². The third kappa shape index (κ3) is 3.90. The molecule has 0 saturated carbocycles. The lowest BCUT2D eigenvalue weighted by atomic mass is 9.89. The zero-order valence-corrected chi connectivity index (χ0v) is 14.3. The van der Waals surface area contributed by atoms with Gasteiger partial charge < -0.3 is 19.5 Å². The molecule has 0 spiro atoms. The minimum Gasteiger partial charge on any atom is -0.484 e. The first-order valence-corrected chi connectivity index (χ1v) is 8.96. The van der Waals surface area contributed by atoms with Crippen molar-refractivity contribution in [3.63, 3.8) is 0 Å². The van der Waals surface area contributed by atoms with E-state index in [4.69, 9.17) is 9.47 Å². The van der Waals surface area contributed by atoms with Gasteiger partial charge in [-0.2, -0.15) is 0 Å². The fourth-order valence-corrected chi connectivity index (χ4v) is 3.71. The Morgan fingerprint density at radius 1 is 1.33 bits per heavy atom. The number of aryl methyl sites for hydroxylation is 1. The predicted octanol–water partition coefficient (Wildman–Crippen LogP) is 2.02. The van der Waals surface area contributed by atoms with Gasteiger partial charge >= 0.3 is 0 Å². The van der Waals surface area contributed by atoms with Gasteiger partial charge in [0.1, 0.15) is 5.75 Å². The smallest absolute Gasteiger partial charge is 0.260 e. The van der Waals surface area contributed by atoms with Crippen molar-refractivity contribution in [3.05, 3.63) is 29.8 Å². The van der Waals surface area contributed by atoms with E-state index in [1.165, 1.54) is 5.56 Å². The van der Waals surface area contributed by atoms with Gasteiger partial charge in [-0.25, -0.2) is 0 Å². The molecule has 1 N–H and O–H groups in total. The molecule has 132 valence electrons. The Labute approximate surface area is 143 Å². The van der Waals surface area contributed by atoms with Crippen LogP contribution >= 0.6 is 0 Å². The average molecular weight is 333 g/mol. The number of rotatable bonds is 5. The molecule has 0 radical (unpaired) electrons. The Morgan fingerprint density at radius 2 is 2.12 bits per heavy atom. The minimum atomic E-state index is -0.375. The van der Waals surface area contributed by atoms with E-state index in [9.17, 15) is 9.90 Å². The van der Waals surface area contributed by atoms with E-state index in [1.807, 2.05) is 29.2 Å². The molecule has 1 aromatic rings. The predicted molar refractivity (Wildman–Crippen MR) is 91.0 cm³/mol. The Kier molecular flexibility index (Phi) is 5.74. The monoisotopic (exact) mass is 333 g/mol. The summed E-state index contributed by atoms with van der Waals surface area (Å²) in [7, 11) is 0. The SMILES string of the molecule is CCc1ccc(OCC(=O)N2CCC[C@@H]2[C@@H]2COCC[C@@H]2O)cc1. The summed E-state index contributed by atoms with van der Waals surface area (Å²) in [4.78, 5) is 14.5. The quantitative estimate of drug-likeness (QED) is 0.895. The van der Waals surface area contributed by atoms with Crippen LogP contribution in [-0.4, -0.2) is 54.4 Å². The first-order chi connectivity index (χ1) is 11.7. The maximum absolute atomic E-state index is 12.6. The number of ether oxygens (including phenoxy) is 2. The minimum absolute atomic E-state index is 0.00478. The van der Waals surface area contributed by atoms with E-state index in [2.05, 4.69) is 6.92 Å². The molecule has 2 heterocycles. The first kappa shape index (κ1) is 17.2. The van der Waals surface area contributed by atoms with Crippen molar-refractivity contribution in [2.75, 3.05) is 26.4 Å². The lowest BCUT2D eigenvalue weighted by Gasteiger charge is -2.36. The second kappa shape index (κ2) is 7.99. The molecule has 0 bridgehead atoms. The van der Waals surface area contributed by atoms with Gasteiger partial charge in [0.15, 0.2) is 6.61 Å². The third-order valence-electron chi connectivity index (χ3n) is 5.17. The fourth-order valence-electron chi connectivity index (χ4n) is 3.71. The van der Waals surface area contributed by atoms with Crippen molar-refractivity contribution in [3.8, 4) is 5.75 Å². The highest BCUT2D eigenvalue weighted by Gasteiger charge is 2.39. The normalized spacial score (nSPS) is 27.2. The van der Waals surface area contributed by atoms with E-state index in [0.717, 1.165) is 31.6 Å². The topological polar surface area (TPSA) is 59.0 Å². The first-order valence-electron chi connectivity index (χ1n) is 8.96. The number of amides is 1. The number of aliphatic hydroxyl groups excluding tert-OH is 1. The van der Waals surface area contributed by atoms with Crippen LogP contribution < -0.4 is 4.74 Å². The lowest BCUT2D eigenvalue weighted by Crippen LogP contribution is -2.49. The molecule has 2 aliphatic heterocycles. The van der Waals surface area contributed by atoms with Crippen LogP contribution in [0, 0.1) is 5.92 Å². The number of aliphatic hydroxyl groups is 1. The number of carbonyl (C=O) groups is 1. The van der Waals surface area contributed by atoms with Crippen LogP contribution in [0.2, 0.25) is 0 Å². The lowest BCUT2D eigenvalue weighted by molar-refractivity contribution is -0.138. The number of benzene rings is 1. The highest BCUT2D eigenvalue weighted by atomic mass is 16.5. The van der Waals surface area contributed by atoms with Crippen LogP contribution in [0.3, 0.4) is 0 Å². The van der Waals surface area contributed by atoms with Crippen molar-refractivity contribution in [1.29, 1.82) is 0 Å². The van der Waals surface area contributed by atoms with Gasteiger partial charge in [-0.3, -0.25) is 4.79 Å². The van der Waals surface area contributed by atoms with Gasteiger partial charge in [0.2, 0.25) is 0 Å². The molecule has 0 unspecified atom stereocenters. The van der Waals surface area contributed by atoms with Gasteiger partial charge in [0.25, 0.3) is 5.91 Å². The van der Waals surface area contributed by atoms with E-state index in [1.54, 1.807) is 0 Å². The highest BCUT2D eigenvalue weighted by Crippen LogP contribution is 2.30. The molecular formula is C19H27NO4. The summed E-state index contributed by atoms with van der Waals surface area (Å²) in [6, 6.07) is 7.93. The van der Waals surface area contributed by atoms with Crippen LogP contribution in [-0.2, 0) is 16.0 Å². The zero-order chi connectivity index (χ0) is 16.9. The molecule has 2 fully saturated rings. The van der Waals surface area contributed by atoms with E-state index >= 15 is 0 Å². The zero-order valence-electron chi connectivity index (χ0n) is 14.3. The molecule has 5 heteroatoms. The van der Waals surface area contributed by atoms with Gasteiger partial charge in [0.05, 0.1) is 12.7 Å². The summed E-state index contributed by atoms with van der Waals surface area (Å²) in [5.41, 5.74) is 1.25. The van der Waals surface area contributed by atoms with Crippen molar-refractivity contribution in [1.82, 2.24) is 4.90 Å². The second-order valence-electron chi connectivity index (χ2n) is 6.68. The molecular weight excluding hydrogens is 306 g/mol. The Hall–Kier alpha value is -1.59. The Balaban J connectivity index is 1.56. The molecule has 1 aromatic carbocycles. The van der Waals surface area contributed by atoms with Crippen molar-refractivity contribution in [2.45, 2.75) is 44.8 Å². The number of nitrogens with zero attached hydrogens (tertiary/aromatic N) is 1. The van der Waals surface area contributed by atoms with Crippen LogP contribution in [0.1, 0.15) is 31.7 Å². The maximum Gasteiger partial charge on any atom is 0.260 e. The third-order valence-corrected chi connectivity index (χ3v) is 5.17. The van der Waals surface area contributed by atoms with Gasteiger partial charge in [-0.05, 0) is 43.4 Å². The molecule has 24 heavy (non-hydrogen) atoms. The molecule has 3 rings (SSSR count). The summed E-state index contributed by atoms with van der Waals surface area (Å²) >= 11 is 0. The van der Waals surface area contributed by atoms with Crippen molar-refractivity contribution < 1.29 is 19.4 Å². The van der Waals surface area contributed by atoms with Crippen LogP contribution in [0.5, 0.6) is 5.75 Å². The number of hydrogen-bond acceptors (Lipinski definition) is 4. The summed E-state index contributed by atoms with van der Waals surface area (Å²) in [6.07, 6.45) is 3.18. The van der Waals surface area contributed by atoms with Gasteiger partial charge in [-0.1, -0.05) is 19.1 Å². The standard InChI is InChI=1S/C19H27NO4/c1-2-14-5-7-15(8-6-14)24-13-19(22)20-10-3-4-17(20)16-12-23-11-9-18(16)21/h5-8,16-18,21H,2-4,9-13H2,1H3/t16-,17+,18-/m0/s1. The summed E-state index contributed by atoms with van der Waals surface area (Å²) in [6.45, 7) is 4.04. The van der Waals surface area contributed by atoms with Gasteiger partial charge in [-0.15, -0.1) is 0 Å². The molecule has 2 aliphatic rings. The summed E-state index contributed by atoms with van der Waals surface area (Å²) < 4.78 is 11.2. The van der Waals surface area contributed by atoms with Crippen LogP contribution in [0.4, 0.5) is 0 Å². The van der Waals surface area contributed by atoms with Crippen molar-refractivity contribution in [2.24, 2.45) is 5.92 Å². The van der Waals surface area contributed by atoms with E-state index in [0.29, 0.717) is 19.6 Å². The van der Waals surface area contributed by atoms with E-state index in [-0.39, 0.29) is 30.6 Å². The highest BCUT2D eigenvalue weighted by molar-refractivity contribution is 5.78. The van der Waals surface area contributed by atoms with E-state index < -0.39 is 0 Å². The molecule has 0 aliphatic carbocycles. The number of hydrogen-bond donors (Lipinski definition) is 1. The summed E-state index contributed by atoms with van der Waals surface area (Å²) in [5.74, 6) is 0.737. The van der Waals surface area contributed by atoms with Crippen molar-refractivity contribution >= 4 is 5.91 Å². The maximum atomic E-state index is 12.6. The second-order valence-corrected chi connectivity index (χ2v) is 6.68. The molecule has 3 atom stereocenters. The molecule has 2 saturated heterocycles. The average Bonchev–Trinajstić information content (AvgIpc) is 3.10. The molecule has 5 nitrogen and oxygen atoms in total. The van der Waals surface area contributed by atoms with Crippen LogP contribution in [0.25, 0.3) is 0 Å². The summed E-state index contributed by atoms with van der Waals surface area (Å²) in [5, 5.41) is 10.2. The molecule has 0 aromatic heterocycles. The Bertz CT molecular complexity index is 545.